The summed E-state index contributed by atoms with van der Waals surface area (Å²) in [4.78, 5) is 0. The summed E-state index contributed by atoms with van der Waals surface area (Å²) >= 11 is 0. The van der Waals surface area contributed by atoms with Crippen molar-refractivity contribution in [2.75, 3.05) is 13.2 Å². The molecule has 2 atom stereocenters. The van der Waals surface area contributed by atoms with E-state index in [2.05, 4.69) is 5.32 Å². The van der Waals surface area contributed by atoms with E-state index < -0.39 is 5.60 Å². The van der Waals surface area contributed by atoms with Gasteiger partial charge in [0, 0.05) is 12.2 Å². The zero-order chi connectivity index (χ0) is 14.0. The molecule has 2 unspecified atom stereocenters. The minimum Gasteiger partial charge on any atom is -0.373 e. The lowest BCUT2D eigenvalue weighted by molar-refractivity contribution is -0.0130. The van der Waals surface area contributed by atoms with Gasteiger partial charge in [-0.3, -0.25) is 0 Å². The number of ether oxygens (including phenoxy) is 1. The lowest BCUT2D eigenvalue weighted by atomic mass is 9.87. The van der Waals surface area contributed by atoms with Gasteiger partial charge in [-0.25, -0.2) is 8.78 Å². The topological polar surface area (TPSA) is 21.3 Å². The summed E-state index contributed by atoms with van der Waals surface area (Å²) < 4.78 is 33.7. The minimum atomic E-state index is -0.474. The molecule has 1 heterocycles. The van der Waals surface area contributed by atoms with Crippen molar-refractivity contribution in [1.82, 2.24) is 5.32 Å². The normalized spacial score (nSPS) is 24.7. The lowest BCUT2D eigenvalue weighted by Crippen LogP contribution is -2.41. The maximum Gasteiger partial charge on any atom is 0.128 e. The van der Waals surface area contributed by atoms with Crippen LogP contribution in [0.3, 0.4) is 0 Å². The van der Waals surface area contributed by atoms with E-state index in [0.717, 1.165) is 12.8 Å². The average Bonchev–Trinajstić information content (AvgIpc) is 2.79. The van der Waals surface area contributed by atoms with Crippen LogP contribution in [-0.4, -0.2) is 18.8 Å². The summed E-state index contributed by atoms with van der Waals surface area (Å²) in [7, 11) is 0. The molecular weight excluding hydrogens is 248 g/mol. The molecule has 1 aromatic rings. The van der Waals surface area contributed by atoms with Gasteiger partial charge in [0.15, 0.2) is 0 Å². The van der Waals surface area contributed by atoms with Crippen molar-refractivity contribution in [2.24, 2.45) is 0 Å². The van der Waals surface area contributed by atoms with Gasteiger partial charge in [-0.1, -0.05) is 6.92 Å². The number of rotatable bonds is 4. The molecule has 0 amide bonds. The Bertz CT molecular complexity index is 456. The van der Waals surface area contributed by atoms with Crippen LogP contribution in [-0.2, 0) is 4.74 Å². The summed E-state index contributed by atoms with van der Waals surface area (Å²) in [5.41, 5.74) is 0.210. The molecule has 0 saturated carbocycles. The second kappa shape index (κ2) is 5.55. The van der Waals surface area contributed by atoms with Gasteiger partial charge in [-0.05, 0) is 50.9 Å². The van der Waals surface area contributed by atoms with E-state index in [0.29, 0.717) is 24.3 Å². The van der Waals surface area contributed by atoms with Gasteiger partial charge < -0.3 is 10.1 Å². The minimum absolute atomic E-state index is 0.324. The van der Waals surface area contributed by atoms with Gasteiger partial charge in [-0.2, -0.15) is 0 Å². The number of hydrogen-bond donors (Lipinski definition) is 1. The second-order valence-electron chi connectivity index (χ2n) is 5.38. The second-order valence-corrected chi connectivity index (χ2v) is 5.38. The predicted octanol–water partition coefficient (Wildman–Crippen LogP) is 3.49. The summed E-state index contributed by atoms with van der Waals surface area (Å²) in [6.45, 7) is 6.84. The smallest absolute Gasteiger partial charge is 0.128 e. The number of hydrogen-bond acceptors (Lipinski definition) is 2. The van der Waals surface area contributed by atoms with Gasteiger partial charge in [0.25, 0.3) is 0 Å². The maximum atomic E-state index is 14.2. The molecule has 1 aliphatic rings. The molecule has 0 radical (unpaired) electrons. The van der Waals surface area contributed by atoms with Crippen molar-refractivity contribution in [3.05, 3.63) is 34.9 Å². The molecule has 1 aliphatic heterocycles. The van der Waals surface area contributed by atoms with Crippen LogP contribution in [0.15, 0.2) is 12.1 Å². The number of nitrogens with one attached hydrogen (secondary N) is 1. The van der Waals surface area contributed by atoms with E-state index in [1.807, 2.05) is 13.8 Å². The monoisotopic (exact) mass is 269 g/mol. The standard InChI is InChI=1S/C15H21F2NO/c1-4-18-14(15(3)6-5-7-19-15)11-9-12(16)10(2)8-13(11)17/h8-9,14,18H,4-7H2,1-3H3. The fourth-order valence-electron chi connectivity index (χ4n) is 2.77. The predicted molar refractivity (Wildman–Crippen MR) is 71.1 cm³/mol. The van der Waals surface area contributed by atoms with E-state index in [9.17, 15) is 8.78 Å². The van der Waals surface area contributed by atoms with Crippen LogP contribution < -0.4 is 5.32 Å². The molecule has 1 fully saturated rings. The van der Waals surface area contributed by atoms with Gasteiger partial charge >= 0.3 is 0 Å². The van der Waals surface area contributed by atoms with Crippen LogP contribution in [0.2, 0.25) is 0 Å². The summed E-state index contributed by atoms with van der Waals surface area (Å²) in [6.07, 6.45) is 1.80. The molecule has 2 rings (SSSR count). The van der Waals surface area contributed by atoms with Crippen molar-refractivity contribution >= 4 is 0 Å². The average molecular weight is 269 g/mol. The Hall–Kier alpha value is -1.00. The third kappa shape index (κ3) is 2.79. The molecule has 2 nitrogen and oxygen atoms in total. The molecule has 106 valence electrons. The fraction of sp³-hybridized carbons (Fsp3) is 0.600. The summed E-state index contributed by atoms with van der Waals surface area (Å²) in [5, 5.41) is 3.24. The van der Waals surface area contributed by atoms with Gasteiger partial charge in [0.1, 0.15) is 11.6 Å². The molecule has 1 saturated heterocycles. The number of benzene rings is 1. The first kappa shape index (κ1) is 14.4. The highest BCUT2D eigenvalue weighted by Crippen LogP contribution is 2.38. The molecule has 0 aromatic heterocycles. The molecule has 4 heteroatoms. The molecular formula is C15H21F2NO. The van der Waals surface area contributed by atoms with Gasteiger partial charge in [0.05, 0.1) is 11.6 Å². The fourth-order valence-corrected chi connectivity index (χ4v) is 2.77. The quantitative estimate of drug-likeness (QED) is 0.903. The van der Waals surface area contributed by atoms with Gasteiger partial charge in [-0.15, -0.1) is 0 Å². The van der Waals surface area contributed by atoms with Crippen molar-refractivity contribution in [1.29, 1.82) is 0 Å². The van der Waals surface area contributed by atoms with Crippen LogP contribution in [0.25, 0.3) is 0 Å². The number of halogens is 2. The van der Waals surface area contributed by atoms with Crippen LogP contribution in [0, 0.1) is 18.6 Å². The number of aryl methyl sites for hydroxylation is 1. The Labute approximate surface area is 113 Å². The van der Waals surface area contributed by atoms with E-state index >= 15 is 0 Å². The van der Waals surface area contributed by atoms with E-state index in [1.54, 1.807) is 6.92 Å². The Morgan fingerprint density at radius 1 is 1.37 bits per heavy atom. The van der Waals surface area contributed by atoms with Crippen molar-refractivity contribution in [3.63, 3.8) is 0 Å². The Morgan fingerprint density at radius 2 is 2.11 bits per heavy atom. The summed E-state index contributed by atoms with van der Waals surface area (Å²) in [6, 6.07) is 2.23. The molecule has 0 bridgehead atoms. The highest BCUT2D eigenvalue weighted by atomic mass is 19.1. The van der Waals surface area contributed by atoms with Crippen LogP contribution >= 0.6 is 0 Å². The van der Waals surface area contributed by atoms with E-state index in [1.165, 1.54) is 12.1 Å². The molecule has 1 N–H and O–H groups in total. The van der Waals surface area contributed by atoms with Gasteiger partial charge in [0.2, 0.25) is 0 Å². The van der Waals surface area contributed by atoms with Crippen molar-refractivity contribution < 1.29 is 13.5 Å². The van der Waals surface area contributed by atoms with Crippen LogP contribution in [0.1, 0.15) is 43.9 Å². The number of likely N-dealkylation sites (N-methyl/N-ethyl adjacent to an activating group) is 1. The third-order valence-electron chi connectivity index (χ3n) is 3.86. The SMILES string of the molecule is CCNC(c1cc(F)c(C)cc1F)C1(C)CCCO1. The molecule has 1 aromatic carbocycles. The third-order valence-corrected chi connectivity index (χ3v) is 3.86. The first-order valence-electron chi connectivity index (χ1n) is 6.81. The first-order chi connectivity index (χ1) is 8.98. The Morgan fingerprint density at radius 3 is 2.68 bits per heavy atom. The highest BCUT2D eigenvalue weighted by Gasteiger charge is 2.40. The van der Waals surface area contributed by atoms with Crippen molar-refractivity contribution in [3.8, 4) is 0 Å². The maximum absolute atomic E-state index is 14.2. The zero-order valence-electron chi connectivity index (χ0n) is 11.7. The van der Waals surface area contributed by atoms with Crippen molar-refractivity contribution in [2.45, 2.75) is 45.3 Å². The Kier molecular flexibility index (Phi) is 4.21. The van der Waals surface area contributed by atoms with E-state index in [4.69, 9.17) is 4.74 Å². The van der Waals surface area contributed by atoms with Crippen LogP contribution in [0.5, 0.6) is 0 Å². The molecule has 19 heavy (non-hydrogen) atoms. The van der Waals surface area contributed by atoms with Crippen LogP contribution in [0.4, 0.5) is 8.78 Å². The molecule has 0 aliphatic carbocycles. The largest absolute Gasteiger partial charge is 0.373 e. The van der Waals surface area contributed by atoms with E-state index in [-0.39, 0.29) is 17.7 Å². The Balaban J connectivity index is 2.41. The molecule has 0 spiro atoms. The first-order valence-corrected chi connectivity index (χ1v) is 6.81. The summed E-state index contributed by atoms with van der Waals surface area (Å²) in [5.74, 6) is -0.748. The zero-order valence-corrected chi connectivity index (χ0v) is 11.7. The lowest BCUT2D eigenvalue weighted by Gasteiger charge is -2.34. The highest BCUT2D eigenvalue weighted by molar-refractivity contribution is 5.29.